The first-order chi connectivity index (χ1) is 14.6. The maximum Gasteiger partial charge on any atom is 0.227 e. The number of fused-ring (bicyclic) bond motifs is 2. The van der Waals surface area contributed by atoms with Gasteiger partial charge in [0.2, 0.25) is 5.91 Å². The van der Waals surface area contributed by atoms with E-state index in [1.807, 2.05) is 34.1 Å². The normalized spacial score (nSPS) is 14.6. The van der Waals surface area contributed by atoms with Crippen molar-refractivity contribution in [2.24, 2.45) is 0 Å². The van der Waals surface area contributed by atoms with Crippen LogP contribution in [-0.4, -0.2) is 42.0 Å². The number of aromatic nitrogens is 1. The summed E-state index contributed by atoms with van der Waals surface area (Å²) in [4.78, 5) is 21.0. The average Bonchev–Trinajstić information content (AvgIpc) is 3.18. The van der Waals surface area contributed by atoms with Gasteiger partial charge in [-0.3, -0.25) is 4.79 Å². The fourth-order valence-corrected chi connectivity index (χ4v) is 4.92. The lowest BCUT2D eigenvalue weighted by molar-refractivity contribution is -0.130. The number of piperazine rings is 1. The lowest BCUT2D eigenvalue weighted by atomic mass is 10.0. The molecule has 0 spiro atoms. The van der Waals surface area contributed by atoms with Crippen molar-refractivity contribution >= 4 is 43.4 Å². The van der Waals surface area contributed by atoms with E-state index in [1.54, 1.807) is 0 Å². The average molecular weight is 423 g/mol. The number of halogens is 2. The van der Waals surface area contributed by atoms with Crippen LogP contribution in [-0.2, 0) is 11.2 Å². The highest BCUT2D eigenvalue weighted by Crippen LogP contribution is 2.31. The smallest absolute Gasteiger partial charge is 0.227 e. The van der Waals surface area contributed by atoms with Gasteiger partial charge in [-0.2, -0.15) is 0 Å². The van der Waals surface area contributed by atoms with Crippen molar-refractivity contribution < 1.29 is 13.6 Å². The van der Waals surface area contributed by atoms with E-state index in [4.69, 9.17) is 0 Å². The maximum absolute atomic E-state index is 13.9. The standard InChI is InChI=1S/C23H19F2N3OS/c24-18-13-19(25)22-20(14-18)30-23(26-22)28-9-7-27(8-10-28)21(29)12-15-5-6-16-3-1-2-4-17(16)11-15/h1-6,11,13-14H,7-10,12H2. The third-order valence-corrected chi connectivity index (χ3v) is 6.54. The molecule has 4 nitrogen and oxygen atoms in total. The van der Waals surface area contributed by atoms with Gasteiger partial charge in [0.25, 0.3) is 0 Å². The molecule has 152 valence electrons. The molecule has 1 aliphatic rings. The van der Waals surface area contributed by atoms with Gasteiger partial charge in [-0.15, -0.1) is 0 Å². The van der Waals surface area contributed by atoms with Crippen LogP contribution >= 0.6 is 11.3 Å². The van der Waals surface area contributed by atoms with Crippen molar-refractivity contribution in [1.82, 2.24) is 9.88 Å². The molecule has 1 aliphatic heterocycles. The Balaban J connectivity index is 1.25. The highest BCUT2D eigenvalue weighted by atomic mass is 32.1. The van der Waals surface area contributed by atoms with Crippen molar-refractivity contribution in [2.45, 2.75) is 6.42 Å². The Morgan fingerprint density at radius 1 is 0.967 bits per heavy atom. The van der Waals surface area contributed by atoms with E-state index in [0.29, 0.717) is 42.4 Å². The highest BCUT2D eigenvalue weighted by molar-refractivity contribution is 7.22. The van der Waals surface area contributed by atoms with Crippen LogP contribution in [0.4, 0.5) is 13.9 Å². The number of thiazole rings is 1. The van der Waals surface area contributed by atoms with Gasteiger partial charge in [0.05, 0.1) is 11.1 Å². The van der Waals surface area contributed by atoms with Crippen molar-refractivity contribution in [1.29, 1.82) is 0 Å². The molecule has 0 saturated carbocycles. The zero-order valence-corrected chi connectivity index (χ0v) is 17.0. The number of rotatable bonds is 3. The molecule has 1 saturated heterocycles. The first-order valence-electron chi connectivity index (χ1n) is 9.83. The van der Waals surface area contributed by atoms with Crippen molar-refractivity contribution in [3.05, 3.63) is 71.8 Å². The minimum Gasteiger partial charge on any atom is -0.345 e. The van der Waals surface area contributed by atoms with Crippen LogP contribution in [0.5, 0.6) is 0 Å². The van der Waals surface area contributed by atoms with Gasteiger partial charge in [0.1, 0.15) is 11.3 Å². The second-order valence-electron chi connectivity index (χ2n) is 7.46. The van der Waals surface area contributed by atoms with E-state index in [-0.39, 0.29) is 11.4 Å². The Hall–Kier alpha value is -3.06. The van der Waals surface area contributed by atoms with Crippen molar-refractivity contribution in [2.75, 3.05) is 31.1 Å². The van der Waals surface area contributed by atoms with Gasteiger partial charge in [-0.05, 0) is 22.4 Å². The number of benzene rings is 3. The quantitative estimate of drug-likeness (QED) is 0.483. The molecule has 2 heterocycles. The van der Waals surface area contributed by atoms with Gasteiger partial charge in [-0.25, -0.2) is 13.8 Å². The summed E-state index contributed by atoms with van der Waals surface area (Å²) in [7, 11) is 0. The summed E-state index contributed by atoms with van der Waals surface area (Å²) < 4.78 is 27.9. The minimum atomic E-state index is -0.642. The molecule has 0 aliphatic carbocycles. The van der Waals surface area contributed by atoms with Gasteiger partial charge < -0.3 is 9.80 Å². The Bertz CT molecular complexity index is 1250. The Kier molecular flexibility index (Phi) is 4.83. The van der Waals surface area contributed by atoms with Gasteiger partial charge in [-0.1, -0.05) is 53.8 Å². The number of nitrogens with zero attached hydrogens (tertiary/aromatic N) is 3. The van der Waals surface area contributed by atoms with E-state index < -0.39 is 11.6 Å². The number of amides is 1. The third kappa shape index (κ3) is 3.61. The van der Waals surface area contributed by atoms with Gasteiger partial charge in [0, 0.05) is 32.2 Å². The maximum atomic E-state index is 13.9. The summed E-state index contributed by atoms with van der Waals surface area (Å²) in [5.74, 6) is -1.14. The fraction of sp³-hybridized carbons (Fsp3) is 0.217. The molecule has 0 radical (unpaired) electrons. The molecule has 7 heteroatoms. The molecule has 30 heavy (non-hydrogen) atoms. The molecule has 4 aromatic rings. The van der Waals surface area contributed by atoms with Crippen LogP contribution in [0.1, 0.15) is 5.56 Å². The monoisotopic (exact) mass is 423 g/mol. The van der Waals surface area contributed by atoms with Crippen LogP contribution in [0.15, 0.2) is 54.6 Å². The van der Waals surface area contributed by atoms with Crippen LogP contribution < -0.4 is 4.90 Å². The van der Waals surface area contributed by atoms with E-state index in [9.17, 15) is 13.6 Å². The molecular weight excluding hydrogens is 404 g/mol. The zero-order chi connectivity index (χ0) is 20.7. The summed E-state index contributed by atoms with van der Waals surface area (Å²) in [5, 5.41) is 2.96. The molecule has 1 amide bonds. The number of anilines is 1. The molecule has 3 aromatic carbocycles. The summed E-state index contributed by atoms with van der Waals surface area (Å²) >= 11 is 1.28. The molecular formula is C23H19F2N3OS. The predicted molar refractivity (Wildman–Crippen MR) is 116 cm³/mol. The van der Waals surface area contributed by atoms with Crippen molar-refractivity contribution in [3.8, 4) is 0 Å². The molecule has 0 bridgehead atoms. The largest absolute Gasteiger partial charge is 0.345 e. The van der Waals surface area contributed by atoms with Gasteiger partial charge in [0.15, 0.2) is 10.9 Å². The Labute approximate surface area is 176 Å². The van der Waals surface area contributed by atoms with Crippen LogP contribution in [0, 0.1) is 11.6 Å². The molecule has 5 rings (SSSR count). The van der Waals surface area contributed by atoms with Crippen LogP contribution in [0.25, 0.3) is 21.0 Å². The Morgan fingerprint density at radius 2 is 1.73 bits per heavy atom. The van der Waals surface area contributed by atoms with Crippen LogP contribution in [0.2, 0.25) is 0 Å². The van der Waals surface area contributed by atoms with Crippen molar-refractivity contribution in [3.63, 3.8) is 0 Å². The second-order valence-corrected chi connectivity index (χ2v) is 8.47. The molecule has 1 aromatic heterocycles. The zero-order valence-electron chi connectivity index (χ0n) is 16.1. The predicted octanol–water partition coefficient (Wildman–Crippen LogP) is 4.62. The summed E-state index contributed by atoms with van der Waals surface area (Å²) in [6.45, 7) is 2.40. The SMILES string of the molecule is O=C(Cc1ccc2ccccc2c1)N1CCN(c2nc3c(F)cc(F)cc3s2)CC1. The number of carbonyl (C=O) groups is 1. The van der Waals surface area contributed by atoms with E-state index in [1.165, 1.54) is 17.4 Å². The van der Waals surface area contributed by atoms with E-state index in [2.05, 4.69) is 23.2 Å². The third-order valence-electron chi connectivity index (χ3n) is 5.47. The molecule has 1 fully saturated rings. The highest BCUT2D eigenvalue weighted by Gasteiger charge is 2.24. The molecule has 0 N–H and O–H groups in total. The molecule has 0 unspecified atom stereocenters. The first kappa shape index (κ1) is 18.9. The number of carbonyl (C=O) groups excluding carboxylic acids is 1. The minimum absolute atomic E-state index is 0.0994. The number of hydrogen-bond acceptors (Lipinski definition) is 4. The van der Waals surface area contributed by atoms with Crippen LogP contribution in [0.3, 0.4) is 0 Å². The lowest BCUT2D eigenvalue weighted by Gasteiger charge is -2.34. The van der Waals surface area contributed by atoms with E-state index in [0.717, 1.165) is 22.4 Å². The summed E-state index contributed by atoms with van der Waals surface area (Å²) in [5.41, 5.74) is 1.20. The lowest BCUT2D eigenvalue weighted by Crippen LogP contribution is -2.49. The van der Waals surface area contributed by atoms with E-state index >= 15 is 0 Å². The summed E-state index contributed by atoms with van der Waals surface area (Å²) in [6, 6.07) is 16.4. The topological polar surface area (TPSA) is 36.4 Å². The molecule has 0 atom stereocenters. The fourth-order valence-electron chi connectivity index (χ4n) is 3.86. The Morgan fingerprint density at radius 3 is 2.53 bits per heavy atom. The summed E-state index contributed by atoms with van der Waals surface area (Å²) in [6.07, 6.45) is 0.371. The van der Waals surface area contributed by atoms with Gasteiger partial charge >= 0.3 is 0 Å². The second kappa shape index (κ2) is 7.65. The number of hydrogen-bond donors (Lipinski definition) is 0. The first-order valence-corrected chi connectivity index (χ1v) is 10.6.